The zero-order valence-electron chi connectivity index (χ0n) is 9.01. The maximum Gasteiger partial charge on any atom is 0.208 e. The number of hydrazone groups is 1. The van der Waals surface area contributed by atoms with Gasteiger partial charge in [0.15, 0.2) is 0 Å². The van der Waals surface area contributed by atoms with E-state index in [4.69, 9.17) is 11.5 Å². The highest BCUT2D eigenvalue weighted by Crippen LogP contribution is 1.80. The van der Waals surface area contributed by atoms with E-state index in [0.717, 1.165) is 26.2 Å². The van der Waals surface area contributed by atoms with Crippen molar-refractivity contribution in [2.75, 3.05) is 26.2 Å². The Morgan fingerprint density at radius 1 is 1.50 bits per heavy atom. The minimum Gasteiger partial charge on any atom is -0.369 e. The van der Waals surface area contributed by atoms with E-state index >= 15 is 0 Å². The molecule has 0 bridgehead atoms. The van der Waals surface area contributed by atoms with Crippen LogP contribution in [-0.4, -0.2) is 38.2 Å². The third-order valence-electron chi connectivity index (χ3n) is 1.61. The van der Waals surface area contributed by atoms with Crippen LogP contribution in [0.4, 0.5) is 0 Å². The Bertz CT molecular complexity index is 148. The molecule has 1 fully saturated rings. The van der Waals surface area contributed by atoms with E-state index in [2.05, 4.69) is 28.1 Å². The lowest BCUT2D eigenvalue weighted by Gasteiger charge is -2.19. The SMILES string of the molecule is CC1CNCCN1.CCNN=C(N)N. The molecule has 1 atom stereocenters. The summed E-state index contributed by atoms with van der Waals surface area (Å²) >= 11 is 0. The average molecular weight is 202 g/mol. The summed E-state index contributed by atoms with van der Waals surface area (Å²) in [6.07, 6.45) is 0. The molecule has 1 saturated heterocycles. The second-order valence-corrected chi connectivity index (χ2v) is 3.11. The number of piperazine rings is 1. The van der Waals surface area contributed by atoms with Crippen molar-refractivity contribution in [1.82, 2.24) is 16.1 Å². The first kappa shape index (κ1) is 13.0. The van der Waals surface area contributed by atoms with Crippen LogP contribution < -0.4 is 27.5 Å². The topological polar surface area (TPSA) is 100 Å². The van der Waals surface area contributed by atoms with Crippen LogP contribution in [-0.2, 0) is 0 Å². The molecule has 7 N–H and O–H groups in total. The Balaban J connectivity index is 0.000000241. The third kappa shape index (κ3) is 9.08. The van der Waals surface area contributed by atoms with Crippen LogP contribution in [0.3, 0.4) is 0 Å². The lowest BCUT2D eigenvalue weighted by molar-refractivity contribution is 0.442. The minimum atomic E-state index is 0.0712. The highest BCUT2D eigenvalue weighted by atomic mass is 15.3. The molecule has 0 spiro atoms. The van der Waals surface area contributed by atoms with Gasteiger partial charge >= 0.3 is 0 Å². The van der Waals surface area contributed by atoms with Gasteiger partial charge in [0, 0.05) is 32.2 Å². The van der Waals surface area contributed by atoms with Crippen LogP contribution in [0.2, 0.25) is 0 Å². The summed E-state index contributed by atoms with van der Waals surface area (Å²) in [4.78, 5) is 0. The van der Waals surface area contributed by atoms with Gasteiger partial charge < -0.3 is 27.5 Å². The van der Waals surface area contributed by atoms with E-state index < -0.39 is 0 Å². The number of hydrogen-bond donors (Lipinski definition) is 5. The minimum absolute atomic E-state index is 0.0712. The van der Waals surface area contributed by atoms with Crippen molar-refractivity contribution in [3.05, 3.63) is 0 Å². The van der Waals surface area contributed by atoms with E-state index in [9.17, 15) is 0 Å². The van der Waals surface area contributed by atoms with E-state index in [-0.39, 0.29) is 5.96 Å². The van der Waals surface area contributed by atoms with Crippen LogP contribution in [0.5, 0.6) is 0 Å². The summed E-state index contributed by atoms with van der Waals surface area (Å²) in [6.45, 7) is 8.22. The molecule has 6 nitrogen and oxygen atoms in total. The summed E-state index contributed by atoms with van der Waals surface area (Å²) in [7, 11) is 0. The second-order valence-electron chi connectivity index (χ2n) is 3.11. The van der Waals surface area contributed by atoms with Crippen LogP contribution in [0.1, 0.15) is 13.8 Å². The molecule has 1 rings (SSSR count). The summed E-state index contributed by atoms with van der Waals surface area (Å²) in [5, 5.41) is 10.1. The summed E-state index contributed by atoms with van der Waals surface area (Å²) in [5.41, 5.74) is 12.5. The van der Waals surface area contributed by atoms with Crippen molar-refractivity contribution in [2.24, 2.45) is 16.6 Å². The third-order valence-corrected chi connectivity index (χ3v) is 1.61. The molecule has 6 heteroatoms. The van der Waals surface area contributed by atoms with Gasteiger partial charge in [-0.05, 0) is 13.8 Å². The first-order chi connectivity index (χ1) is 6.66. The molecule has 1 unspecified atom stereocenters. The quantitative estimate of drug-likeness (QED) is 0.210. The number of hydrogen-bond acceptors (Lipinski definition) is 4. The van der Waals surface area contributed by atoms with Crippen molar-refractivity contribution in [2.45, 2.75) is 19.9 Å². The Labute approximate surface area is 85.5 Å². The molecule has 84 valence electrons. The Morgan fingerprint density at radius 2 is 2.21 bits per heavy atom. The zero-order valence-corrected chi connectivity index (χ0v) is 9.01. The van der Waals surface area contributed by atoms with Gasteiger partial charge in [0.1, 0.15) is 0 Å². The molecule has 0 aromatic rings. The number of nitrogens with zero attached hydrogens (tertiary/aromatic N) is 1. The fraction of sp³-hybridized carbons (Fsp3) is 0.875. The van der Waals surface area contributed by atoms with Crippen LogP contribution >= 0.6 is 0 Å². The first-order valence-corrected chi connectivity index (χ1v) is 4.92. The average Bonchev–Trinajstić information content (AvgIpc) is 2.17. The maximum absolute atomic E-state index is 4.94. The zero-order chi connectivity index (χ0) is 10.8. The molecule has 0 aromatic carbocycles. The highest BCUT2D eigenvalue weighted by molar-refractivity contribution is 5.75. The summed E-state index contributed by atoms with van der Waals surface area (Å²) < 4.78 is 0. The molecule has 1 aliphatic heterocycles. The fourth-order valence-corrected chi connectivity index (χ4v) is 0.968. The Hall–Kier alpha value is -1.01. The van der Waals surface area contributed by atoms with E-state index in [1.165, 1.54) is 0 Å². The van der Waals surface area contributed by atoms with E-state index in [1.54, 1.807) is 0 Å². The van der Waals surface area contributed by atoms with Gasteiger partial charge in [-0.25, -0.2) is 0 Å². The lowest BCUT2D eigenvalue weighted by atomic mass is 10.3. The van der Waals surface area contributed by atoms with Crippen molar-refractivity contribution in [3.63, 3.8) is 0 Å². The van der Waals surface area contributed by atoms with E-state index in [0.29, 0.717) is 6.04 Å². The maximum atomic E-state index is 4.94. The molecule has 0 aliphatic carbocycles. The monoisotopic (exact) mass is 202 g/mol. The molecule has 0 amide bonds. The van der Waals surface area contributed by atoms with E-state index in [1.807, 2.05) is 6.92 Å². The van der Waals surface area contributed by atoms with Crippen molar-refractivity contribution < 1.29 is 0 Å². The largest absolute Gasteiger partial charge is 0.369 e. The van der Waals surface area contributed by atoms with Gasteiger partial charge in [-0.3, -0.25) is 0 Å². The Morgan fingerprint density at radius 3 is 2.43 bits per heavy atom. The van der Waals surface area contributed by atoms with Gasteiger partial charge in [-0.15, -0.1) is 5.10 Å². The molecular formula is C8H22N6. The van der Waals surface area contributed by atoms with Crippen molar-refractivity contribution in [3.8, 4) is 0 Å². The van der Waals surface area contributed by atoms with Gasteiger partial charge in [0.05, 0.1) is 0 Å². The predicted molar refractivity (Wildman–Crippen MR) is 59.8 cm³/mol. The standard InChI is InChI=1S/C5H12N2.C3H10N4/c1-5-4-6-2-3-7-5;1-2-6-7-3(4)5/h5-7H,2-4H2,1H3;6H,2H2,1H3,(H4,4,5,7). The van der Waals surface area contributed by atoms with Gasteiger partial charge in [0.2, 0.25) is 5.96 Å². The number of nitrogens with two attached hydrogens (primary N) is 2. The molecule has 0 radical (unpaired) electrons. The molecular weight excluding hydrogens is 180 g/mol. The number of guanidine groups is 1. The molecule has 14 heavy (non-hydrogen) atoms. The van der Waals surface area contributed by atoms with Crippen molar-refractivity contribution in [1.29, 1.82) is 0 Å². The van der Waals surface area contributed by atoms with Crippen molar-refractivity contribution >= 4 is 5.96 Å². The normalized spacial score (nSPS) is 20.3. The highest BCUT2D eigenvalue weighted by Gasteiger charge is 2.03. The van der Waals surface area contributed by atoms with Crippen LogP contribution in [0.15, 0.2) is 5.10 Å². The lowest BCUT2D eigenvalue weighted by Crippen LogP contribution is -2.46. The van der Waals surface area contributed by atoms with Gasteiger partial charge in [-0.2, -0.15) is 0 Å². The number of rotatable bonds is 2. The molecule has 0 saturated carbocycles. The van der Waals surface area contributed by atoms with Crippen LogP contribution in [0.25, 0.3) is 0 Å². The molecule has 1 aliphatic rings. The summed E-state index contributed by atoms with van der Waals surface area (Å²) in [5.74, 6) is 0.0712. The van der Waals surface area contributed by atoms with Crippen LogP contribution in [0, 0.1) is 0 Å². The Kier molecular flexibility index (Phi) is 7.96. The number of nitrogens with one attached hydrogen (secondary N) is 3. The first-order valence-electron chi connectivity index (χ1n) is 4.92. The fourth-order valence-electron chi connectivity index (χ4n) is 0.968. The predicted octanol–water partition coefficient (Wildman–Crippen LogP) is -1.65. The molecule has 1 heterocycles. The van der Waals surface area contributed by atoms with Gasteiger partial charge in [-0.1, -0.05) is 0 Å². The van der Waals surface area contributed by atoms with Gasteiger partial charge in [0.25, 0.3) is 0 Å². The summed E-state index contributed by atoms with van der Waals surface area (Å²) in [6, 6.07) is 0.675. The smallest absolute Gasteiger partial charge is 0.208 e. The molecule has 0 aromatic heterocycles. The second kappa shape index (κ2) is 8.58.